The Morgan fingerprint density at radius 3 is 2.79 bits per heavy atom. The molecule has 0 bridgehead atoms. The van der Waals surface area contributed by atoms with E-state index in [1.807, 2.05) is 47.2 Å². The second kappa shape index (κ2) is 4.63. The zero-order valence-corrected chi connectivity index (χ0v) is 11.5. The molecule has 0 unspecified atom stereocenters. The first kappa shape index (κ1) is 12.1. The van der Waals surface area contributed by atoms with Crippen molar-refractivity contribution in [1.82, 2.24) is 4.40 Å². The van der Waals surface area contributed by atoms with Gasteiger partial charge in [0.05, 0.1) is 23.7 Å². The van der Waals surface area contributed by atoms with Crippen LogP contribution in [0, 0.1) is 0 Å². The van der Waals surface area contributed by atoms with Crippen LogP contribution in [0.3, 0.4) is 0 Å². The Balaban J connectivity index is 2.47. The maximum atomic E-state index is 12.0. The van der Waals surface area contributed by atoms with Gasteiger partial charge in [-0.15, -0.1) is 11.8 Å². The minimum Gasteiger partial charge on any atom is -0.465 e. The van der Waals surface area contributed by atoms with Gasteiger partial charge in [0.25, 0.3) is 0 Å². The number of methoxy groups -OCH3 is 1. The number of fused-ring (bicyclic) bond motifs is 3. The average molecular weight is 271 g/mol. The maximum Gasteiger partial charge on any atom is 0.340 e. The largest absolute Gasteiger partial charge is 0.465 e. The Hall–Kier alpha value is -1.94. The summed E-state index contributed by atoms with van der Waals surface area (Å²) >= 11 is 1.69. The molecule has 0 atom stereocenters. The summed E-state index contributed by atoms with van der Waals surface area (Å²) < 4.78 is 6.94. The number of benzene rings is 1. The number of hydrogen-bond donors (Lipinski definition) is 0. The van der Waals surface area contributed by atoms with Crippen LogP contribution in [0.15, 0.2) is 47.5 Å². The van der Waals surface area contributed by atoms with Crippen LogP contribution in [0.4, 0.5) is 0 Å². The highest BCUT2D eigenvalue weighted by atomic mass is 32.2. The highest BCUT2D eigenvalue weighted by Gasteiger charge is 2.18. The van der Waals surface area contributed by atoms with E-state index in [-0.39, 0.29) is 5.97 Å². The lowest BCUT2D eigenvalue weighted by Crippen LogP contribution is -2.00. The number of rotatable bonds is 2. The SMILES string of the molecule is COC(=O)c1c2ccc(SC)cc2n2ccccc12. The highest BCUT2D eigenvalue weighted by molar-refractivity contribution is 7.98. The second-order valence-electron chi connectivity index (χ2n) is 4.21. The Kier molecular flexibility index (Phi) is 2.95. The van der Waals surface area contributed by atoms with E-state index in [2.05, 4.69) is 6.07 Å². The number of esters is 1. The first-order valence-corrected chi connectivity index (χ1v) is 7.14. The third-order valence-electron chi connectivity index (χ3n) is 3.24. The van der Waals surface area contributed by atoms with Gasteiger partial charge in [-0.25, -0.2) is 4.79 Å². The number of aromatic nitrogens is 1. The van der Waals surface area contributed by atoms with E-state index >= 15 is 0 Å². The number of carbonyl (C=O) groups is 1. The third-order valence-corrected chi connectivity index (χ3v) is 3.96. The predicted octanol–water partition coefficient (Wildman–Crippen LogP) is 3.60. The smallest absolute Gasteiger partial charge is 0.340 e. The van der Waals surface area contributed by atoms with Gasteiger partial charge in [-0.2, -0.15) is 0 Å². The molecule has 2 heterocycles. The van der Waals surface area contributed by atoms with Crippen molar-refractivity contribution in [3.05, 3.63) is 48.2 Å². The number of nitrogens with zero attached hydrogens (tertiary/aromatic N) is 1. The Morgan fingerprint density at radius 1 is 1.21 bits per heavy atom. The Morgan fingerprint density at radius 2 is 2.05 bits per heavy atom. The molecule has 3 nitrogen and oxygen atoms in total. The maximum absolute atomic E-state index is 12.0. The first-order chi connectivity index (χ1) is 9.26. The van der Waals surface area contributed by atoms with Crippen LogP contribution < -0.4 is 0 Å². The molecule has 0 amide bonds. The monoisotopic (exact) mass is 271 g/mol. The standard InChI is InChI=1S/C15H13NO2S/c1-18-15(17)14-11-7-6-10(19-2)9-13(11)16-8-4-3-5-12(14)16/h3-9H,1-2H3. The van der Waals surface area contributed by atoms with Gasteiger partial charge in [-0.05, 0) is 30.5 Å². The van der Waals surface area contributed by atoms with E-state index in [9.17, 15) is 4.79 Å². The van der Waals surface area contributed by atoms with E-state index in [1.165, 1.54) is 12.0 Å². The number of thioether (sulfide) groups is 1. The number of carbonyl (C=O) groups excluding carboxylic acids is 1. The van der Waals surface area contributed by atoms with Crippen LogP contribution in [0.2, 0.25) is 0 Å². The topological polar surface area (TPSA) is 30.7 Å². The molecule has 0 N–H and O–H groups in total. The number of ether oxygens (including phenoxy) is 1. The van der Waals surface area contributed by atoms with Gasteiger partial charge in [0.2, 0.25) is 0 Å². The first-order valence-electron chi connectivity index (χ1n) is 5.91. The summed E-state index contributed by atoms with van der Waals surface area (Å²) in [6.45, 7) is 0. The summed E-state index contributed by atoms with van der Waals surface area (Å²) in [5, 5.41) is 0.927. The second-order valence-corrected chi connectivity index (χ2v) is 5.09. The fourth-order valence-corrected chi connectivity index (χ4v) is 2.79. The molecule has 0 spiro atoms. The van der Waals surface area contributed by atoms with Crippen LogP contribution in [0.5, 0.6) is 0 Å². The fraction of sp³-hybridized carbons (Fsp3) is 0.133. The molecule has 0 saturated carbocycles. The summed E-state index contributed by atoms with van der Waals surface area (Å²) in [6, 6.07) is 11.9. The van der Waals surface area contributed by atoms with Gasteiger partial charge < -0.3 is 9.14 Å². The molecule has 19 heavy (non-hydrogen) atoms. The lowest BCUT2D eigenvalue weighted by Gasteiger charge is -1.99. The van der Waals surface area contributed by atoms with E-state index in [0.29, 0.717) is 5.56 Å². The molecule has 3 rings (SSSR count). The van der Waals surface area contributed by atoms with E-state index < -0.39 is 0 Å². The summed E-state index contributed by atoms with van der Waals surface area (Å²) in [6.07, 6.45) is 4.01. The third kappa shape index (κ3) is 1.79. The molecule has 3 aromatic rings. The van der Waals surface area contributed by atoms with Gasteiger partial charge in [-0.3, -0.25) is 0 Å². The molecule has 1 aromatic carbocycles. The Labute approximate surface area is 115 Å². The summed E-state index contributed by atoms with van der Waals surface area (Å²) in [5.74, 6) is -0.296. The van der Waals surface area contributed by atoms with E-state index in [4.69, 9.17) is 4.74 Å². The van der Waals surface area contributed by atoms with E-state index in [0.717, 1.165) is 16.4 Å². The van der Waals surface area contributed by atoms with Crippen molar-refractivity contribution in [2.24, 2.45) is 0 Å². The van der Waals surface area contributed by atoms with Gasteiger partial charge in [0, 0.05) is 16.5 Å². The molecular formula is C15H13NO2S. The summed E-state index contributed by atoms with van der Waals surface area (Å²) in [7, 11) is 1.41. The van der Waals surface area contributed by atoms with Crippen LogP contribution >= 0.6 is 11.8 Å². The van der Waals surface area contributed by atoms with Gasteiger partial charge in [-0.1, -0.05) is 12.1 Å². The summed E-state index contributed by atoms with van der Waals surface area (Å²) in [5.41, 5.74) is 2.54. The molecule has 0 aliphatic rings. The number of pyridine rings is 1. The van der Waals surface area contributed by atoms with Gasteiger partial charge in [0.15, 0.2) is 0 Å². The molecular weight excluding hydrogens is 258 g/mol. The minimum absolute atomic E-state index is 0.296. The normalized spacial score (nSPS) is 11.1. The van der Waals surface area contributed by atoms with Crippen LogP contribution in [0.25, 0.3) is 16.4 Å². The van der Waals surface area contributed by atoms with Crippen molar-refractivity contribution in [3.8, 4) is 0 Å². The van der Waals surface area contributed by atoms with Crippen molar-refractivity contribution in [3.63, 3.8) is 0 Å². The van der Waals surface area contributed by atoms with Gasteiger partial charge in [0.1, 0.15) is 0 Å². The molecule has 96 valence electrons. The molecule has 0 radical (unpaired) electrons. The lowest BCUT2D eigenvalue weighted by atomic mass is 10.1. The highest BCUT2D eigenvalue weighted by Crippen LogP contribution is 2.30. The lowest BCUT2D eigenvalue weighted by molar-refractivity contribution is 0.0605. The molecule has 0 fully saturated rings. The molecule has 0 saturated heterocycles. The number of hydrogen-bond acceptors (Lipinski definition) is 3. The van der Waals surface area contributed by atoms with Crippen molar-refractivity contribution >= 4 is 34.2 Å². The van der Waals surface area contributed by atoms with Crippen molar-refractivity contribution in [1.29, 1.82) is 0 Å². The van der Waals surface area contributed by atoms with Gasteiger partial charge >= 0.3 is 5.97 Å². The van der Waals surface area contributed by atoms with Crippen LogP contribution in [-0.4, -0.2) is 23.7 Å². The summed E-state index contributed by atoms with van der Waals surface area (Å²) in [4.78, 5) is 13.2. The van der Waals surface area contributed by atoms with Crippen molar-refractivity contribution < 1.29 is 9.53 Å². The predicted molar refractivity (Wildman–Crippen MR) is 78.0 cm³/mol. The van der Waals surface area contributed by atoms with E-state index in [1.54, 1.807) is 11.8 Å². The van der Waals surface area contributed by atoms with Crippen LogP contribution in [0.1, 0.15) is 10.4 Å². The van der Waals surface area contributed by atoms with Crippen molar-refractivity contribution in [2.75, 3.05) is 13.4 Å². The molecule has 4 heteroatoms. The average Bonchev–Trinajstić information content (AvgIpc) is 2.80. The molecule has 2 aromatic heterocycles. The minimum atomic E-state index is -0.296. The molecule has 0 aliphatic carbocycles. The quantitative estimate of drug-likeness (QED) is 0.527. The Bertz CT molecular complexity index is 776. The van der Waals surface area contributed by atoms with Crippen LogP contribution in [-0.2, 0) is 4.74 Å². The van der Waals surface area contributed by atoms with Crippen molar-refractivity contribution in [2.45, 2.75) is 4.90 Å². The fourth-order valence-electron chi connectivity index (χ4n) is 2.36. The molecule has 0 aliphatic heterocycles. The zero-order valence-electron chi connectivity index (χ0n) is 10.7. The zero-order chi connectivity index (χ0) is 13.4.